The molecule has 2 rings (SSSR count). The van der Waals surface area contributed by atoms with Crippen molar-refractivity contribution in [3.8, 4) is 0 Å². The smallest absolute Gasteiger partial charge is 0.320 e. The van der Waals surface area contributed by atoms with Gasteiger partial charge >= 0.3 is 6.03 Å². The van der Waals surface area contributed by atoms with Gasteiger partial charge in [-0.3, -0.25) is 9.79 Å². The number of guanidine groups is 1. The van der Waals surface area contributed by atoms with Crippen LogP contribution < -0.4 is 11.5 Å². The largest absolute Gasteiger partial charge is 0.370 e. The van der Waals surface area contributed by atoms with E-state index in [1.54, 1.807) is 9.80 Å². The van der Waals surface area contributed by atoms with Crippen LogP contribution in [-0.2, 0) is 4.79 Å². The van der Waals surface area contributed by atoms with Gasteiger partial charge in [0.1, 0.15) is 0 Å². The Balaban J connectivity index is 1.84. The molecule has 3 amide bonds. The maximum Gasteiger partial charge on any atom is 0.320 e. The Hall–Kier alpha value is -2.07. The van der Waals surface area contributed by atoms with E-state index < -0.39 is 12.3 Å². The summed E-state index contributed by atoms with van der Waals surface area (Å²) in [6.45, 7) is 4.39. The number of nitrogens with zero attached hydrogens (tertiary/aromatic N) is 4. The zero-order valence-corrected chi connectivity index (χ0v) is 14.5. The maximum absolute atomic E-state index is 12.6. The highest BCUT2D eigenvalue weighted by Gasteiger charge is 2.46. The molecular weight excluding hydrogens is 328 g/mol. The molecule has 2 aliphatic heterocycles. The van der Waals surface area contributed by atoms with E-state index in [0.29, 0.717) is 52.1 Å². The Kier molecular flexibility index (Phi) is 6.43. The van der Waals surface area contributed by atoms with Gasteiger partial charge in [-0.15, -0.1) is 0 Å². The summed E-state index contributed by atoms with van der Waals surface area (Å²) in [5, 5.41) is 19.3. The van der Waals surface area contributed by atoms with Crippen LogP contribution in [0.3, 0.4) is 0 Å². The fourth-order valence-corrected chi connectivity index (χ4v) is 3.43. The van der Waals surface area contributed by atoms with Crippen molar-refractivity contribution < 1.29 is 19.8 Å². The summed E-state index contributed by atoms with van der Waals surface area (Å²) in [4.78, 5) is 32.7. The van der Waals surface area contributed by atoms with E-state index in [9.17, 15) is 19.8 Å². The van der Waals surface area contributed by atoms with Crippen LogP contribution in [0.15, 0.2) is 4.99 Å². The van der Waals surface area contributed by atoms with Crippen LogP contribution >= 0.6 is 0 Å². The lowest BCUT2D eigenvalue weighted by Crippen LogP contribution is -2.67. The van der Waals surface area contributed by atoms with E-state index in [4.69, 9.17) is 11.5 Å². The van der Waals surface area contributed by atoms with Crippen LogP contribution in [0, 0.1) is 5.92 Å². The lowest BCUT2D eigenvalue weighted by molar-refractivity contribution is -0.149. The number of aliphatic hydroxyl groups excluding tert-OH is 1. The number of piperazine rings is 1. The molecule has 2 aliphatic rings. The van der Waals surface area contributed by atoms with E-state index in [1.165, 1.54) is 11.8 Å². The average molecular weight is 356 g/mol. The number of hydrogen-bond acceptors (Lipinski definition) is 5. The molecule has 1 unspecified atom stereocenters. The lowest BCUT2D eigenvalue weighted by Gasteiger charge is -2.51. The Bertz CT molecular complexity index is 514. The van der Waals surface area contributed by atoms with Crippen LogP contribution in [0.25, 0.3) is 0 Å². The average Bonchev–Trinajstić information content (AvgIpc) is 2.52. The van der Waals surface area contributed by atoms with Gasteiger partial charge in [0, 0.05) is 52.1 Å². The van der Waals surface area contributed by atoms with Gasteiger partial charge in [-0.1, -0.05) is 0 Å². The van der Waals surface area contributed by atoms with Crippen molar-refractivity contribution >= 4 is 17.9 Å². The van der Waals surface area contributed by atoms with Crippen molar-refractivity contribution in [2.45, 2.75) is 32.1 Å². The van der Waals surface area contributed by atoms with Gasteiger partial charge in [0.2, 0.25) is 5.91 Å². The number of likely N-dealkylation sites (tertiary alicyclic amines) is 1. The molecule has 2 atom stereocenters. The molecule has 25 heavy (non-hydrogen) atoms. The summed E-state index contributed by atoms with van der Waals surface area (Å²) in [6, 6.07) is -0.820. The first kappa shape index (κ1) is 19.3. The third-order valence-electron chi connectivity index (χ3n) is 4.85. The first-order chi connectivity index (χ1) is 11.8. The molecule has 0 aliphatic carbocycles. The summed E-state index contributed by atoms with van der Waals surface area (Å²) >= 11 is 0. The van der Waals surface area contributed by atoms with Gasteiger partial charge in [-0.05, 0) is 12.8 Å². The van der Waals surface area contributed by atoms with Gasteiger partial charge in [-0.25, -0.2) is 4.79 Å². The number of rotatable bonds is 5. The molecule has 142 valence electrons. The number of carbonyl (C=O) groups excluding carboxylic acids is 2. The third kappa shape index (κ3) is 4.73. The molecule has 0 radical (unpaired) electrons. The number of hydrogen-bond donors (Lipinski definition) is 4. The standard InChI is InChI=1S/C15H28N6O4/c1-10(22)19-5-7-20(8-6-19)15(25)21-9-11(12(21)13(23)24)3-2-4-18-14(16)17/h11-13,23-24H,2-9H2,1H3,(H4,16,17,18)/t11-,12?/m0/s1. The minimum Gasteiger partial charge on any atom is -0.370 e. The SMILES string of the molecule is CC(=O)N1CCN(C(=O)N2C[C@H](CCCN=C(N)N)C2C(O)O)CC1. The van der Waals surface area contributed by atoms with E-state index in [0.717, 1.165) is 0 Å². The minimum absolute atomic E-state index is 0.000505. The second-order valence-corrected chi connectivity index (χ2v) is 6.54. The topological polar surface area (TPSA) is 149 Å². The fourth-order valence-electron chi connectivity index (χ4n) is 3.43. The Morgan fingerprint density at radius 3 is 2.28 bits per heavy atom. The normalized spacial score (nSPS) is 23.4. The molecule has 0 saturated carbocycles. The van der Waals surface area contributed by atoms with Gasteiger partial charge < -0.3 is 36.4 Å². The van der Waals surface area contributed by atoms with Gasteiger partial charge in [0.25, 0.3) is 0 Å². The highest BCUT2D eigenvalue weighted by Crippen LogP contribution is 2.32. The van der Waals surface area contributed by atoms with E-state index >= 15 is 0 Å². The highest BCUT2D eigenvalue weighted by molar-refractivity contribution is 5.77. The van der Waals surface area contributed by atoms with Crippen molar-refractivity contribution in [3.63, 3.8) is 0 Å². The van der Waals surface area contributed by atoms with Gasteiger partial charge in [0.05, 0.1) is 6.04 Å². The number of urea groups is 1. The predicted octanol–water partition coefficient (Wildman–Crippen LogP) is -2.06. The van der Waals surface area contributed by atoms with Gasteiger partial charge in [-0.2, -0.15) is 0 Å². The molecule has 0 aromatic heterocycles. The number of aliphatic hydroxyl groups is 2. The summed E-state index contributed by atoms with van der Waals surface area (Å²) in [5.74, 6) is 0.0473. The Morgan fingerprint density at radius 1 is 1.16 bits per heavy atom. The van der Waals surface area contributed by atoms with Crippen molar-refractivity contribution in [1.82, 2.24) is 14.7 Å². The highest BCUT2D eigenvalue weighted by atomic mass is 16.5. The van der Waals surface area contributed by atoms with Gasteiger partial charge in [0.15, 0.2) is 12.2 Å². The van der Waals surface area contributed by atoms with Crippen LogP contribution in [0.5, 0.6) is 0 Å². The van der Waals surface area contributed by atoms with Crippen LogP contribution in [0.2, 0.25) is 0 Å². The Morgan fingerprint density at radius 2 is 1.76 bits per heavy atom. The van der Waals surface area contributed by atoms with Crippen molar-refractivity contribution in [3.05, 3.63) is 0 Å². The predicted molar refractivity (Wildman–Crippen MR) is 91.3 cm³/mol. The van der Waals surface area contributed by atoms with E-state index in [-0.39, 0.29) is 23.8 Å². The molecule has 0 aromatic carbocycles. The lowest BCUT2D eigenvalue weighted by atomic mass is 9.84. The number of nitrogens with two attached hydrogens (primary N) is 2. The number of amides is 3. The van der Waals surface area contributed by atoms with E-state index in [2.05, 4.69) is 4.99 Å². The van der Waals surface area contributed by atoms with Crippen molar-refractivity contribution in [2.24, 2.45) is 22.4 Å². The first-order valence-corrected chi connectivity index (χ1v) is 8.54. The monoisotopic (exact) mass is 356 g/mol. The Labute approximate surface area is 147 Å². The zero-order chi connectivity index (χ0) is 18.6. The number of carbonyl (C=O) groups is 2. The molecular formula is C15H28N6O4. The maximum atomic E-state index is 12.6. The van der Waals surface area contributed by atoms with Crippen LogP contribution in [-0.4, -0.2) is 94.4 Å². The molecule has 6 N–H and O–H groups in total. The fraction of sp³-hybridized carbons (Fsp3) is 0.800. The summed E-state index contributed by atoms with van der Waals surface area (Å²) in [7, 11) is 0. The molecule has 2 fully saturated rings. The van der Waals surface area contributed by atoms with E-state index in [1.807, 2.05) is 0 Å². The molecule has 10 nitrogen and oxygen atoms in total. The molecule has 2 saturated heterocycles. The minimum atomic E-state index is -1.58. The molecule has 2 heterocycles. The van der Waals surface area contributed by atoms with Crippen molar-refractivity contribution in [1.29, 1.82) is 0 Å². The molecule has 0 aromatic rings. The van der Waals surface area contributed by atoms with Crippen LogP contribution in [0.1, 0.15) is 19.8 Å². The number of aliphatic imine (C=N–C) groups is 1. The third-order valence-corrected chi connectivity index (χ3v) is 4.85. The van der Waals surface area contributed by atoms with Crippen molar-refractivity contribution in [2.75, 3.05) is 39.3 Å². The first-order valence-electron chi connectivity index (χ1n) is 8.54. The van der Waals surface area contributed by atoms with Crippen LogP contribution in [0.4, 0.5) is 4.79 Å². The summed E-state index contributed by atoms with van der Waals surface area (Å²) in [5.41, 5.74) is 10.5. The molecule has 0 bridgehead atoms. The second kappa shape index (κ2) is 8.34. The quantitative estimate of drug-likeness (QED) is 0.192. The summed E-state index contributed by atoms with van der Waals surface area (Å²) < 4.78 is 0. The summed E-state index contributed by atoms with van der Waals surface area (Å²) in [6.07, 6.45) is -0.157. The zero-order valence-electron chi connectivity index (χ0n) is 14.5. The molecule has 10 heteroatoms. The molecule has 0 spiro atoms. The second-order valence-electron chi connectivity index (χ2n) is 6.54.